The number of aromatic nitrogens is 3. The molecule has 0 spiro atoms. The second-order valence-corrected chi connectivity index (χ2v) is 8.19. The first-order chi connectivity index (χ1) is 15.9. The summed E-state index contributed by atoms with van der Waals surface area (Å²) < 4.78 is 7.51. The first kappa shape index (κ1) is 22.2. The van der Waals surface area contributed by atoms with Crippen molar-refractivity contribution in [1.29, 1.82) is 0 Å². The van der Waals surface area contributed by atoms with Crippen LogP contribution in [-0.4, -0.2) is 39.2 Å². The molecule has 0 bridgehead atoms. The van der Waals surface area contributed by atoms with E-state index in [-0.39, 0.29) is 11.8 Å². The van der Waals surface area contributed by atoms with Gasteiger partial charge in [-0.15, -0.1) is 0 Å². The summed E-state index contributed by atoms with van der Waals surface area (Å²) in [5.74, 6) is -0.873. The Hall–Kier alpha value is -4.05. The highest BCUT2D eigenvalue weighted by molar-refractivity contribution is 7.22. The van der Waals surface area contributed by atoms with Crippen molar-refractivity contribution < 1.29 is 19.1 Å². The van der Waals surface area contributed by atoms with Gasteiger partial charge in [0.15, 0.2) is 5.13 Å². The molecular formula is C23H21N5O4S. The van der Waals surface area contributed by atoms with Crippen LogP contribution in [0.3, 0.4) is 0 Å². The van der Waals surface area contributed by atoms with Crippen molar-refractivity contribution in [3.05, 3.63) is 65.5 Å². The number of fused-ring (bicyclic) bond motifs is 1. The highest BCUT2D eigenvalue weighted by Gasteiger charge is 2.17. The molecule has 2 amide bonds. The number of hydrogen-bond donors (Lipinski definition) is 2. The molecule has 168 valence electrons. The number of ether oxygens (including phenoxy) is 1. The number of esters is 1. The second kappa shape index (κ2) is 9.21. The zero-order valence-electron chi connectivity index (χ0n) is 18.2. The summed E-state index contributed by atoms with van der Waals surface area (Å²) in [5.41, 5.74) is 3.62. The topological polar surface area (TPSA) is 115 Å². The second-order valence-electron chi connectivity index (χ2n) is 7.16. The molecule has 10 heteroatoms. The minimum absolute atomic E-state index is 0.154. The van der Waals surface area contributed by atoms with Crippen molar-refractivity contribution in [3.63, 3.8) is 0 Å². The number of anilines is 2. The first-order valence-electron chi connectivity index (χ1n) is 10.2. The SMILES string of the molecule is CCOC(=O)c1cnn(-c2ccc(C(=O)Nc3nc4ccc(NC(C)=O)cc4s3)cc2)c1C. The molecular weight excluding hydrogens is 442 g/mol. The van der Waals surface area contributed by atoms with Crippen LogP contribution in [0.2, 0.25) is 0 Å². The number of rotatable bonds is 6. The Morgan fingerprint density at radius 3 is 2.55 bits per heavy atom. The lowest BCUT2D eigenvalue weighted by Gasteiger charge is -2.07. The maximum Gasteiger partial charge on any atom is 0.341 e. The van der Waals surface area contributed by atoms with E-state index in [2.05, 4.69) is 20.7 Å². The predicted octanol–water partition coefficient (Wildman–Crippen LogP) is 4.18. The molecule has 33 heavy (non-hydrogen) atoms. The Labute approximate surface area is 193 Å². The lowest BCUT2D eigenvalue weighted by atomic mass is 10.2. The fourth-order valence-corrected chi connectivity index (χ4v) is 4.16. The molecule has 0 atom stereocenters. The Kier molecular flexibility index (Phi) is 6.18. The minimum Gasteiger partial charge on any atom is -0.462 e. The van der Waals surface area contributed by atoms with Crippen LogP contribution in [-0.2, 0) is 9.53 Å². The molecule has 4 rings (SSSR count). The van der Waals surface area contributed by atoms with E-state index in [4.69, 9.17) is 4.74 Å². The van der Waals surface area contributed by atoms with E-state index in [1.54, 1.807) is 54.9 Å². The molecule has 0 fully saturated rings. The lowest BCUT2D eigenvalue weighted by Crippen LogP contribution is -2.12. The maximum absolute atomic E-state index is 12.7. The van der Waals surface area contributed by atoms with Crippen LogP contribution in [0.25, 0.3) is 15.9 Å². The van der Waals surface area contributed by atoms with Crippen molar-refractivity contribution >= 4 is 50.2 Å². The number of amides is 2. The average molecular weight is 464 g/mol. The third-order valence-electron chi connectivity index (χ3n) is 4.81. The van der Waals surface area contributed by atoms with Gasteiger partial charge < -0.3 is 10.1 Å². The fourth-order valence-electron chi connectivity index (χ4n) is 3.26. The zero-order chi connectivity index (χ0) is 23.5. The molecule has 2 N–H and O–H groups in total. The van der Waals surface area contributed by atoms with Crippen molar-refractivity contribution in [3.8, 4) is 5.69 Å². The van der Waals surface area contributed by atoms with E-state index in [1.807, 2.05) is 6.07 Å². The fraction of sp³-hybridized carbons (Fsp3) is 0.174. The average Bonchev–Trinajstić information content (AvgIpc) is 3.36. The van der Waals surface area contributed by atoms with E-state index in [0.29, 0.717) is 39.9 Å². The highest BCUT2D eigenvalue weighted by Crippen LogP contribution is 2.29. The normalized spacial score (nSPS) is 10.8. The minimum atomic E-state index is -0.419. The van der Waals surface area contributed by atoms with Gasteiger partial charge >= 0.3 is 5.97 Å². The summed E-state index contributed by atoms with van der Waals surface area (Å²) in [5, 5.41) is 10.3. The quantitative estimate of drug-likeness (QED) is 0.415. The monoisotopic (exact) mass is 463 g/mol. The third-order valence-corrected chi connectivity index (χ3v) is 5.74. The Balaban J connectivity index is 1.49. The van der Waals surface area contributed by atoms with Crippen LogP contribution in [0.15, 0.2) is 48.7 Å². The number of benzene rings is 2. The van der Waals surface area contributed by atoms with Gasteiger partial charge in [0, 0.05) is 18.2 Å². The summed E-state index contributed by atoms with van der Waals surface area (Å²) in [6.07, 6.45) is 1.47. The van der Waals surface area contributed by atoms with Gasteiger partial charge in [0.2, 0.25) is 5.91 Å². The van der Waals surface area contributed by atoms with Crippen LogP contribution < -0.4 is 10.6 Å². The Morgan fingerprint density at radius 2 is 1.85 bits per heavy atom. The highest BCUT2D eigenvalue weighted by atomic mass is 32.1. The molecule has 9 nitrogen and oxygen atoms in total. The molecule has 0 aliphatic rings. The molecule has 2 aromatic carbocycles. The lowest BCUT2D eigenvalue weighted by molar-refractivity contribution is -0.114. The van der Waals surface area contributed by atoms with Crippen molar-refractivity contribution in [2.24, 2.45) is 0 Å². The zero-order valence-corrected chi connectivity index (χ0v) is 19.0. The summed E-state index contributed by atoms with van der Waals surface area (Å²) in [6.45, 7) is 5.27. The summed E-state index contributed by atoms with van der Waals surface area (Å²) >= 11 is 1.32. The molecule has 0 saturated carbocycles. The third kappa shape index (κ3) is 4.75. The van der Waals surface area contributed by atoms with Gasteiger partial charge in [-0.05, 0) is 56.3 Å². The molecule has 0 unspecified atom stereocenters. The molecule has 4 aromatic rings. The molecule has 0 aliphatic heterocycles. The summed E-state index contributed by atoms with van der Waals surface area (Å²) in [6, 6.07) is 12.2. The molecule has 0 radical (unpaired) electrons. The van der Waals surface area contributed by atoms with Crippen LogP contribution in [0.4, 0.5) is 10.8 Å². The largest absolute Gasteiger partial charge is 0.462 e. The number of carbonyl (C=O) groups is 3. The van der Waals surface area contributed by atoms with Gasteiger partial charge in [0.25, 0.3) is 5.91 Å². The number of hydrogen-bond acceptors (Lipinski definition) is 7. The van der Waals surface area contributed by atoms with E-state index < -0.39 is 5.97 Å². The first-order valence-corrected chi connectivity index (χ1v) is 11.0. The van der Waals surface area contributed by atoms with E-state index in [1.165, 1.54) is 24.5 Å². The van der Waals surface area contributed by atoms with Gasteiger partial charge in [-0.1, -0.05) is 11.3 Å². The van der Waals surface area contributed by atoms with Gasteiger partial charge in [0.05, 0.1) is 34.4 Å². The smallest absolute Gasteiger partial charge is 0.341 e. The van der Waals surface area contributed by atoms with Gasteiger partial charge in [-0.25, -0.2) is 14.5 Å². The molecule has 0 aliphatic carbocycles. The van der Waals surface area contributed by atoms with Gasteiger partial charge in [0.1, 0.15) is 5.56 Å². The van der Waals surface area contributed by atoms with Crippen LogP contribution in [0.5, 0.6) is 0 Å². The summed E-state index contributed by atoms with van der Waals surface area (Å²) in [7, 11) is 0. The molecule has 0 saturated heterocycles. The Bertz CT molecular complexity index is 1360. The molecule has 2 heterocycles. The summed E-state index contributed by atoms with van der Waals surface area (Å²) in [4.78, 5) is 40.4. The van der Waals surface area contributed by atoms with Crippen LogP contribution in [0, 0.1) is 6.92 Å². The van der Waals surface area contributed by atoms with Crippen LogP contribution >= 0.6 is 11.3 Å². The number of nitrogens with one attached hydrogen (secondary N) is 2. The van der Waals surface area contributed by atoms with Crippen LogP contribution in [0.1, 0.15) is 40.3 Å². The molecule has 2 aromatic heterocycles. The van der Waals surface area contributed by atoms with Gasteiger partial charge in [-0.3, -0.25) is 14.9 Å². The van der Waals surface area contributed by atoms with Crippen molar-refractivity contribution in [1.82, 2.24) is 14.8 Å². The Morgan fingerprint density at radius 1 is 1.09 bits per heavy atom. The van der Waals surface area contributed by atoms with E-state index in [9.17, 15) is 14.4 Å². The maximum atomic E-state index is 12.7. The van der Waals surface area contributed by atoms with E-state index >= 15 is 0 Å². The van der Waals surface area contributed by atoms with Gasteiger partial charge in [-0.2, -0.15) is 5.10 Å². The van der Waals surface area contributed by atoms with Crippen molar-refractivity contribution in [2.75, 3.05) is 17.2 Å². The standard InChI is InChI=1S/C23H21N5O4S/c1-4-32-22(31)18-12-24-28(13(18)2)17-8-5-15(6-9-17)21(30)27-23-26-19-10-7-16(25-14(3)29)11-20(19)33-23/h5-12H,4H2,1-3H3,(H,25,29)(H,26,27,30). The van der Waals surface area contributed by atoms with Crippen molar-refractivity contribution in [2.45, 2.75) is 20.8 Å². The number of nitrogens with zero attached hydrogens (tertiary/aromatic N) is 3. The number of carbonyl (C=O) groups excluding carboxylic acids is 3. The predicted molar refractivity (Wildman–Crippen MR) is 126 cm³/mol. The number of thiazole rings is 1. The van der Waals surface area contributed by atoms with E-state index in [0.717, 1.165) is 10.2 Å².